The van der Waals surface area contributed by atoms with Crippen molar-refractivity contribution in [1.82, 2.24) is 10.2 Å². The van der Waals surface area contributed by atoms with Gasteiger partial charge in [0.1, 0.15) is 0 Å². The predicted molar refractivity (Wildman–Crippen MR) is 95.6 cm³/mol. The quantitative estimate of drug-likeness (QED) is 0.727. The molecule has 134 valence electrons. The fourth-order valence-electron chi connectivity index (χ4n) is 3.59. The molecule has 2 saturated heterocycles. The number of piperidine rings is 1. The molecule has 0 aromatic heterocycles. The van der Waals surface area contributed by atoms with Gasteiger partial charge in [-0.15, -0.1) is 19.0 Å². The number of hydrogen-bond acceptors (Lipinski definition) is 4. The summed E-state index contributed by atoms with van der Waals surface area (Å²) in [6.45, 7) is 8.35. The Bertz CT molecular complexity index is 503. The summed E-state index contributed by atoms with van der Waals surface area (Å²) < 4.78 is 23.3. The molecule has 2 unspecified atom stereocenters. The minimum Gasteiger partial charge on any atom is -0.335 e. The lowest BCUT2D eigenvalue weighted by molar-refractivity contribution is -0.133. The smallest absolute Gasteiger partial charge is 0.223 e. The monoisotopic (exact) mass is 364 g/mol. The number of nitrogens with one attached hydrogen (secondary N) is 1. The Hall–Kier alpha value is -0.590. The summed E-state index contributed by atoms with van der Waals surface area (Å²) in [5.74, 6) is 1.31. The van der Waals surface area contributed by atoms with Crippen LogP contribution < -0.4 is 5.32 Å². The summed E-state index contributed by atoms with van der Waals surface area (Å²) >= 11 is 0. The van der Waals surface area contributed by atoms with Crippen molar-refractivity contribution in [3.05, 3.63) is 12.7 Å². The van der Waals surface area contributed by atoms with Crippen molar-refractivity contribution in [2.24, 2.45) is 11.8 Å². The van der Waals surface area contributed by atoms with Crippen molar-refractivity contribution in [3.8, 4) is 0 Å². The van der Waals surface area contributed by atoms with E-state index in [1.54, 1.807) is 11.0 Å². The van der Waals surface area contributed by atoms with Crippen molar-refractivity contribution < 1.29 is 13.2 Å². The third-order valence-corrected chi connectivity index (χ3v) is 6.73. The standard InChI is InChI=1S/C16H28N2O3S.ClH/c1-3-9-18(15-6-10-22(20,21)12-15)16(19)11-13(2)14-4-7-17-8-5-14;/h3,13-15,17H,1,4-12H2,2H3;1H. The molecule has 2 aliphatic rings. The highest BCUT2D eigenvalue weighted by molar-refractivity contribution is 7.91. The number of carbonyl (C=O) groups excluding carboxylic acids is 1. The molecule has 7 heteroatoms. The lowest BCUT2D eigenvalue weighted by atomic mass is 9.84. The number of nitrogens with zero attached hydrogens (tertiary/aromatic N) is 1. The number of halogens is 1. The maximum Gasteiger partial charge on any atom is 0.223 e. The predicted octanol–water partition coefficient (Wildman–Crippen LogP) is 1.64. The van der Waals surface area contributed by atoms with E-state index >= 15 is 0 Å². The largest absolute Gasteiger partial charge is 0.335 e. The highest BCUT2D eigenvalue weighted by atomic mass is 35.5. The van der Waals surface area contributed by atoms with Gasteiger partial charge >= 0.3 is 0 Å². The molecule has 2 fully saturated rings. The molecule has 2 atom stereocenters. The Balaban J connectivity index is 0.00000264. The van der Waals surface area contributed by atoms with Gasteiger partial charge in [-0.25, -0.2) is 8.42 Å². The van der Waals surface area contributed by atoms with Crippen LogP contribution in [0.1, 0.15) is 32.6 Å². The first kappa shape index (κ1) is 20.5. The van der Waals surface area contributed by atoms with Gasteiger partial charge in [0.2, 0.25) is 5.91 Å². The van der Waals surface area contributed by atoms with Crippen LogP contribution in [-0.4, -0.2) is 56.4 Å². The van der Waals surface area contributed by atoms with Gasteiger partial charge in [-0.2, -0.15) is 0 Å². The molecule has 0 aromatic rings. The van der Waals surface area contributed by atoms with Gasteiger partial charge in [-0.1, -0.05) is 13.0 Å². The topological polar surface area (TPSA) is 66.5 Å². The van der Waals surface area contributed by atoms with Crippen molar-refractivity contribution in [1.29, 1.82) is 0 Å². The Morgan fingerprint density at radius 1 is 1.35 bits per heavy atom. The van der Waals surface area contributed by atoms with Crippen LogP contribution in [0.15, 0.2) is 12.7 Å². The van der Waals surface area contributed by atoms with E-state index in [0.717, 1.165) is 25.9 Å². The van der Waals surface area contributed by atoms with E-state index in [2.05, 4.69) is 18.8 Å². The molecular weight excluding hydrogens is 336 g/mol. The molecule has 23 heavy (non-hydrogen) atoms. The fourth-order valence-corrected chi connectivity index (χ4v) is 5.32. The van der Waals surface area contributed by atoms with E-state index < -0.39 is 9.84 Å². The zero-order chi connectivity index (χ0) is 16.2. The first-order chi connectivity index (χ1) is 10.4. The third-order valence-electron chi connectivity index (χ3n) is 4.98. The first-order valence-electron chi connectivity index (χ1n) is 8.24. The van der Waals surface area contributed by atoms with Crippen LogP contribution in [0, 0.1) is 11.8 Å². The summed E-state index contributed by atoms with van der Waals surface area (Å²) in [6.07, 6.45) is 5.00. The van der Waals surface area contributed by atoms with Crippen LogP contribution in [0.25, 0.3) is 0 Å². The lowest BCUT2D eigenvalue weighted by Crippen LogP contribution is -2.42. The van der Waals surface area contributed by atoms with Crippen molar-refractivity contribution in [2.75, 3.05) is 31.1 Å². The first-order valence-corrected chi connectivity index (χ1v) is 10.1. The molecule has 1 amide bonds. The average molecular weight is 365 g/mol. The molecule has 0 aliphatic carbocycles. The highest BCUT2D eigenvalue weighted by Crippen LogP contribution is 2.26. The van der Waals surface area contributed by atoms with Gasteiger partial charge in [-0.3, -0.25) is 4.79 Å². The molecular formula is C16H29ClN2O3S. The van der Waals surface area contributed by atoms with E-state index in [1.807, 2.05) is 0 Å². The molecule has 0 aromatic carbocycles. The number of carbonyl (C=O) groups is 1. The fraction of sp³-hybridized carbons (Fsp3) is 0.812. The van der Waals surface area contributed by atoms with Gasteiger partial charge in [-0.05, 0) is 44.2 Å². The second kappa shape index (κ2) is 9.04. The Morgan fingerprint density at radius 3 is 2.52 bits per heavy atom. The molecule has 0 saturated carbocycles. The number of amides is 1. The minimum absolute atomic E-state index is 0. The van der Waals surface area contributed by atoms with E-state index in [4.69, 9.17) is 0 Å². The van der Waals surface area contributed by atoms with Gasteiger partial charge < -0.3 is 10.2 Å². The van der Waals surface area contributed by atoms with Gasteiger partial charge in [0, 0.05) is 19.0 Å². The van der Waals surface area contributed by atoms with Crippen LogP contribution in [-0.2, 0) is 14.6 Å². The molecule has 1 N–H and O–H groups in total. The number of hydrogen-bond donors (Lipinski definition) is 1. The van der Waals surface area contributed by atoms with E-state index in [9.17, 15) is 13.2 Å². The summed E-state index contributed by atoms with van der Waals surface area (Å²) in [6, 6.07) is -0.171. The molecule has 2 rings (SSSR count). The second-order valence-corrected chi connectivity index (χ2v) is 8.89. The van der Waals surface area contributed by atoms with E-state index in [1.165, 1.54) is 0 Å². The zero-order valence-corrected chi connectivity index (χ0v) is 15.5. The average Bonchev–Trinajstić information content (AvgIpc) is 2.85. The Morgan fingerprint density at radius 2 is 2.00 bits per heavy atom. The second-order valence-electron chi connectivity index (χ2n) is 6.66. The van der Waals surface area contributed by atoms with E-state index in [-0.39, 0.29) is 35.9 Å². The summed E-state index contributed by atoms with van der Waals surface area (Å²) in [4.78, 5) is 14.4. The summed E-state index contributed by atoms with van der Waals surface area (Å²) in [5, 5.41) is 3.34. The van der Waals surface area contributed by atoms with Crippen molar-refractivity contribution in [3.63, 3.8) is 0 Å². The Labute approximate surface area is 146 Å². The Kier molecular flexibility index (Phi) is 8.04. The third kappa shape index (κ3) is 5.76. The van der Waals surface area contributed by atoms with Crippen LogP contribution >= 0.6 is 12.4 Å². The highest BCUT2D eigenvalue weighted by Gasteiger charge is 2.35. The van der Waals surface area contributed by atoms with Crippen LogP contribution in [0.5, 0.6) is 0 Å². The van der Waals surface area contributed by atoms with Gasteiger partial charge in [0.05, 0.1) is 11.5 Å². The van der Waals surface area contributed by atoms with Crippen LogP contribution in [0.2, 0.25) is 0 Å². The summed E-state index contributed by atoms with van der Waals surface area (Å²) in [7, 11) is -2.98. The molecule has 0 bridgehead atoms. The van der Waals surface area contributed by atoms with E-state index in [0.29, 0.717) is 31.2 Å². The molecule has 5 nitrogen and oxygen atoms in total. The molecule has 2 aliphatic heterocycles. The summed E-state index contributed by atoms with van der Waals surface area (Å²) in [5.41, 5.74) is 0. The zero-order valence-electron chi connectivity index (χ0n) is 13.9. The van der Waals surface area contributed by atoms with Crippen molar-refractivity contribution >= 4 is 28.2 Å². The number of rotatable bonds is 6. The maximum absolute atomic E-state index is 12.7. The normalized spacial score (nSPS) is 25.3. The van der Waals surface area contributed by atoms with Gasteiger partial charge in [0.25, 0.3) is 0 Å². The van der Waals surface area contributed by atoms with Crippen LogP contribution in [0.3, 0.4) is 0 Å². The SMILES string of the molecule is C=CCN(C(=O)CC(C)C1CCNCC1)C1CCS(=O)(=O)C1.Cl. The van der Waals surface area contributed by atoms with Crippen molar-refractivity contribution in [2.45, 2.75) is 38.6 Å². The minimum atomic E-state index is -2.98. The van der Waals surface area contributed by atoms with Crippen LogP contribution in [0.4, 0.5) is 0 Å². The van der Waals surface area contributed by atoms with Gasteiger partial charge in [0.15, 0.2) is 9.84 Å². The lowest BCUT2D eigenvalue weighted by Gasteiger charge is -2.32. The molecule has 2 heterocycles. The maximum atomic E-state index is 12.7. The molecule has 0 radical (unpaired) electrons. The number of sulfone groups is 1. The molecule has 0 spiro atoms.